The lowest BCUT2D eigenvalue weighted by Gasteiger charge is -2.30. The van der Waals surface area contributed by atoms with Crippen molar-refractivity contribution in [1.82, 2.24) is 10.2 Å². The van der Waals surface area contributed by atoms with Crippen LogP contribution in [0.3, 0.4) is 0 Å². The van der Waals surface area contributed by atoms with Crippen LogP contribution in [0.1, 0.15) is 52.3 Å². The van der Waals surface area contributed by atoms with Crippen molar-refractivity contribution >= 4 is 5.82 Å². The van der Waals surface area contributed by atoms with Crippen LogP contribution in [-0.4, -0.2) is 15.7 Å². The first-order valence-electron chi connectivity index (χ1n) is 6.11. The molecule has 0 bridgehead atoms. The Morgan fingerprint density at radius 3 is 2.62 bits per heavy atom. The first-order valence-corrected chi connectivity index (χ1v) is 6.11. The number of anilines is 1. The lowest BCUT2D eigenvalue weighted by molar-refractivity contribution is 0.314. The molecule has 2 N–H and O–H groups in total. The first-order chi connectivity index (χ1) is 7.27. The molecule has 0 saturated carbocycles. The summed E-state index contributed by atoms with van der Waals surface area (Å²) in [4.78, 5) is 0. The van der Waals surface area contributed by atoms with Crippen molar-refractivity contribution in [2.24, 2.45) is 5.41 Å². The number of nitrogens with one attached hydrogen (secondary N) is 2. The molecule has 3 nitrogen and oxygen atoms in total. The summed E-state index contributed by atoms with van der Waals surface area (Å²) in [7, 11) is 0. The highest BCUT2D eigenvalue weighted by Gasteiger charge is 2.29. The summed E-state index contributed by atoms with van der Waals surface area (Å²) < 4.78 is 0. The lowest BCUT2D eigenvalue weighted by atomic mass is 9.76. The zero-order chi connectivity index (χ0) is 12.0. The summed E-state index contributed by atoms with van der Waals surface area (Å²) in [5.74, 6) is 1.05. The molecular formula is C13H23N3. The average Bonchev–Trinajstić information content (AvgIpc) is 2.44. The third-order valence-corrected chi connectivity index (χ3v) is 3.15. The standard InChI is InChI=1S/C13H23N3/c1-12(2,3)14-11-9-8-13(4,5)7-6-10(9)15-16-11/h6-8H2,1-5H3,(H2,14,15,16). The minimum atomic E-state index is 0.0740. The van der Waals surface area contributed by atoms with E-state index in [0.717, 1.165) is 18.7 Å². The van der Waals surface area contributed by atoms with Gasteiger partial charge in [0.05, 0.1) is 0 Å². The molecule has 0 spiro atoms. The second-order valence-corrected chi connectivity index (χ2v) is 6.75. The Morgan fingerprint density at radius 1 is 1.31 bits per heavy atom. The highest BCUT2D eigenvalue weighted by Crippen LogP contribution is 2.37. The fourth-order valence-corrected chi connectivity index (χ4v) is 2.29. The van der Waals surface area contributed by atoms with Gasteiger partial charge < -0.3 is 5.32 Å². The van der Waals surface area contributed by atoms with Crippen molar-refractivity contribution in [3.63, 3.8) is 0 Å². The number of rotatable bonds is 1. The van der Waals surface area contributed by atoms with E-state index in [0.29, 0.717) is 5.41 Å². The van der Waals surface area contributed by atoms with E-state index >= 15 is 0 Å². The minimum absolute atomic E-state index is 0.0740. The van der Waals surface area contributed by atoms with Crippen molar-refractivity contribution in [3.05, 3.63) is 11.3 Å². The smallest absolute Gasteiger partial charge is 0.151 e. The molecule has 0 unspecified atom stereocenters. The normalized spacial score (nSPS) is 19.3. The summed E-state index contributed by atoms with van der Waals surface area (Å²) in [6, 6.07) is 0. The molecule has 16 heavy (non-hydrogen) atoms. The molecule has 1 aromatic rings. The van der Waals surface area contributed by atoms with Crippen molar-refractivity contribution in [2.45, 2.75) is 59.4 Å². The van der Waals surface area contributed by atoms with Gasteiger partial charge in [0.15, 0.2) is 5.82 Å². The number of aromatic amines is 1. The van der Waals surface area contributed by atoms with Crippen LogP contribution in [0.5, 0.6) is 0 Å². The summed E-state index contributed by atoms with van der Waals surface area (Å²) in [6.07, 6.45) is 3.50. The van der Waals surface area contributed by atoms with Gasteiger partial charge in [-0.2, -0.15) is 5.10 Å². The van der Waals surface area contributed by atoms with Crippen LogP contribution in [0.15, 0.2) is 0 Å². The SMILES string of the molecule is CC1(C)CCc2[nH]nc(NC(C)(C)C)c2C1. The Hall–Kier alpha value is -0.990. The van der Waals surface area contributed by atoms with Gasteiger partial charge >= 0.3 is 0 Å². The van der Waals surface area contributed by atoms with Crippen LogP contribution in [0.25, 0.3) is 0 Å². The van der Waals surface area contributed by atoms with E-state index in [1.54, 1.807) is 0 Å². The summed E-state index contributed by atoms with van der Waals surface area (Å²) >= 11 is 0. The monoisotopic (exact) mass is 221 g/mol. The van der Waals surface area contributed by atoms with Crippen molar-refractivity contribution in [1.29, 1.82) is 0 Å². The summed E-state index contributed by atoms with van der Waals surface area (Å²) in [5, 5.41) is 11.1. The average molecular weight is 221 g/mol. The molecule has 0 aliphatic heterocycles. The molecule has 0 amide bonds. The highest BCUT2D eigenvalue weighted by atomic mass is 15.2. The molecule has 2 rings (SSSR count). The predicted octanol–water partition coefficient (Wildman–Crippen LogP) is 3.14. The second kappa shape index (κ2) is 3.51. The number of hydrogen-bond donors (Lipinski definition) is 2. The Bertz CT molecular complexity index is 382. The summed E-state index contributed by atoms with van der Waals surface area (Å²) in [6.45, 7) is 11.2. The van der Waals surface area contributed by atoms with E-state index in [-0.39, 0.29) is 5.54 Å². The fraction of sp³-hybridized carbons (Fsp3) is 0.769. The zero-order valence-electron chi connectivity index (χ0n) is 11.1. The van der Waals surface area contributed by atoms with E-state index < -0.39 is 0 Å². The molecule has 0 aromatic carbocycles. The molecule has 90 valence electrons. The molecule has 1 heterocycles. The molecule has 0 atom stereocenters. The third kappa shape index (κ3) is 2.39. The van der Waals surface area contributed by atoms with E-state index in [1.165, 1.54) is 17.7 Å². The number of H-pyrrole nitrogens is 1. The van der Waals surface area contributed by atoms with Crippen molar-refractivity contribution in [2.75, 3.05) is 5.32 Å². The van der Waals surface area contributed by atoms with Crippen LogP contribution >= 0.6 is 0 Å². The molecule has 1 aliphatic carbocycles. The first kappa shape index (κ1) is 11.5. The number of fused-ring (bicyclic) bond motifs is 1. The Labute approximate surface area is 98.0 Å². The van der Waals surface area contributed by atoms with Gasteiger partial charge in [0.1, 0.15) is 0 Å². The molecule has 1 aromatic heterocycles. The van der Waals surface area contributed by atoms with Gasteiger partial charge in [-0.15, -0.1) is 0 Å². The van der Waals surface area contributed by atoms with Crippen LogP contribution in [0.2, 0.25) is 0 Å². The van der Waals surface area contributed by atoms with E-state index in [2.05, 4.69) is 50.1 Å². The maximum Gasteiger partial charge on any atom is 0.151 e. The van der Waals surface area contributed by atoms with Gasteiger partial charge in [0.25, 0.3) is 0 Å². The maximum absolute atomic E-state index is 4.41. The number of aryl methyl sites for hydroxylation is 1. The van der Waals surface area contributed by atoms with Gasteiger partial charge in [-0.05, 0) is 45.4 Å². The molecule has 0 saturated heterocycles. The molecule has 0 fully saturated rings. The lowest BCUT2D eigenvalue weighted by Crippen LogP contribution is -2.28. The quantitative estimate of drug-likeness (QED) is 0.765. The van der Waals surface area contributed by atoms with E-state index in [1.807, 2.05) is 0 Å². The number of aromatic nitrogens is 2. The Balaban J connectivity index is 2.27. The van der Waals surface area contributed by atoms with E-state index in [9.17, 15) is 0 Å². The van der Waals surface area contributed by atoms with Crippen molar-refractivity contribution < 1.29 is 0 Å². The second-order valence-electron chi connectivity index (χ2n) is 6.75. The topological polar surface area (TPSA) is 40.7 Å². The van der Waals surface area contributed by atoms with Gasteiger partial charge in [0.2, 0.25) is 0 Å². The van der Waals surface area contributed by atoms with Gasteiger partial charge in [0, 0.05) is 16.8 Å². The molecule has 0 radical (unpaired) electrons. The minimum Gasteiger partial charge on any atom is -0.364 e. The van der Waals surface area contributed by atoms with Crippen molar-refractivity contribution in [3.8, 4) is 0 Å². The fourth-order valence-electron chi connectivity index (χ4n) is 2.29. The largest absolute Gasteiger partial charge is 0.364 e. The van der Waals surface area contributed by atoms with Gasteiger partial charge in [-0.1, -0.05) is 13.8 Å². The zero-order valence-corrected chi connectivity index (χ0v) is 11.1. The highest BCUT2D eigenvalue weighted by molar-refractivity contribution is 5.49. The Kier molecular flexibility index (Phi) is 2.52. The molecular weight excluding hydrogens is 198 g/mol. The maximum atomic E-state index is 4.41. The number of nitrogens with zero attached hydrogens (tertiary/aromatic N) is 1. The third-order valence-electron chi connectivity index (χ3n) is 3.15. The predicted molar refractivity (Wildman–Crippen MR) is 67.8 cm³/mol. The van der Waals surface area contributed by atoms with Gasteiger partial charge in [-0.3, -0.25) is 5.10 Å². The van der Waals surface area contributed by atoms with E-state index in [4.69, 9.17) is 0 Å². The van der Waals surface area contributed by atoms with Crippen LogP contribution in [-0.2, 0) is 12.8 Å². The summed E-state index contributed by atoms with van der Waals surface area (Å²) in [5.41, 5.74) is 3.20. The molecule has 3 heteroatoms. The Morgan fingerprint density at radius 2 is 2.00 bits per heavy atom. The van der Waals surface area contributed by atoms with Crippen LogP contribution < -0.4 is 5.32 Å². The molecule has 1 aliphatic rings. The number of hydrogen-bond acceptors (Lipinski definition) is 2. The van der Waals surface area contributed by atoms with Crippen LogP contribution in [0, 0.1) is 5.41 Å². The van der Waals surface area contributed by atoms with Gasteiger partial charge in [-0.25, -0.2) is 0 Å². The van der Waals surface area contributed by atoms with Crippen LogP contribution in [0.4, 0.5) is 5.82 Å².